The molecule has 0 atom stereocenters. The number of amides is 1. The van der Waals surface area contributed by atoms with Gasteiger partial charge in [-0.25, -0.2) is 0 Å². The van der Waals surface area contributed by atoms with Crippen LogP contribution in [0.5, 0.6) is 0 Å². The van der Waals surface area contributed by atoms with Crippen molar-refractivity contribution >= 4 is 23.2 Å². The summed E-state index contributed by atoms with van der Waals surface area (Å²) in [5, 5.41) is 0.502. The molecule has 2 aromatic carbocycles. The summed E-state index contributed by atoms with van der Waals surface area (Å²) in [6, 6.07) is 20.2. The molecule has 28 heavy (non-hydrogen) atoms. The van der Waals surface area contributed by atoms with Crippen LogP contribution in [0.1, 0.15) is 21.7 Å². The number of aryl methyl sites for hydroxylation is 2. The van der Waals surface area contributed by atoms with Crippen LogP contribution in [-0.4, -0.2) is 41.6 Å². The Bertz CT molecular complexity index is 969. The van der Waals surface area contributed by atoms with Crippen molar-refractivity contribution in [1.82, 2.24) is 9.47 Å². The Morgan fingerprint density at radius 3 is 2.11 bits per heavy atom. The number of hydrogen-bond acceptors (Lipinski definition) is 2. The number of para-hydroxylation sites is 1. The molecule has 4 rings (SSSR count). The molecule has 1 aliphatic heterocycles. The lowest BCUT2D eigenvalue weighted by Gasteiger charge is -2.36. The maximum absolute atomic E-state index is 13.2. The number of piperazine rings is 1. The number of nitrogens with zero attached hydrogens (tertiary/aromatic N) is 3. The van der Waals surface area contributed by atoms with Gasteiger partial charge in [0.25, 0.3) is 5.91 Å². The van der Waals surface area contributed by atoms with E-state index in [2.05, 4.69) is 47.6 Å². The van der Waals surface area contributed by atoms with Crippen molar-refractivity contribution < 1.29 is 4.79 Å². The predicted octanol–water partition coefficient (Wildman–Crippen LogP) is 4.71. The normalized spacial score (nSPS) is 14.4. The summed E-state index contributed by atoms with van der Waals surface area (Å²) >= 11 is 6.41. The molecule has 1 aliphatic rings. The van der Waals surface area contributed by atoms with Gasteiger partial charge >= 0.3 is 0 Å². The fraction of sp³-hybridized carbons (Fsp3) is 0.261. The van der Waals surface area contributed by atoms with Gasteiger partial charge in [-0.3, -0.25) is 4.79 Å². The fourth-order valence-corrected chi connectivity index (χ4v) is 4.07. The zero-order valence-electron chi connectivity index (χ0n) is 16.2. The molecular weight excluding hydrogens is 370 g/mol. The van der Waals surface area contributed by atoms with Crippen LogP contribution in [0.4, 0.5) is 5.69 Å². The molecule has 0 N–H and O–H groups in total. The Morgan fingerprint density at radius 1 is 0.821 bits per heavy atom. The van der Waals surface area contributed by atoms with Gasteiger partial charge in [0.15, 0.2) is 0 Å². The van der Waals surface area contributed by atoms with Crippen molar-refractivity contribution in [2.75, 3.05) is 31.1 Å². The third kappa shape index (κ3) is 3.52. The molecule has 0 unspecified atom stereocenters. The summed E-state index contributed by atoms with van der Waals surface area (Å²) in [4.78, 5) is 17.4. The Kier molecular flexibility index (Phi) is 5.14. The third-order valence-corrected chi connectivity index (χ3v) is 5.73. The summed E-state index contributed by atoms with van der Waals surface area (Å²) < 4.78 is 2.14. The van der Waals surface area contributed by atoms with Crippen molar-refractivity contribution in [1.29, 1.82) is 0 Å². The standard InChI is InChI=1S/C23H24ClN3O/c1-17-8-9-18(2)27(17)20-10-11-22(24)21(16-20)23(28)26-14-12-25(13-15-26)19-6-4-3-5-7-19/h3-11,16H,12-15H2,1-2H3. The van der Waals surface area contributed by atoms with E-state index in [4.69, 9.17) is 11.6 Å². The molecule has 3 aromatic rings. The maximum atomic E-state index is 13.2. The minimum atomic E-state index is 0.00187. The Labute approximate surface area is 170 Å². The Morgan fingerprint density at radius 2 is 1.46 bits per heavy atom. The van der Waals surface area contributed by atoms with Crippen LogP contribution in [0.3, 0.4) is 0 Å². The summed E-state index contributed by atoms with van der Waals surface area (Å²) in [7, 11) is 0. The van der Waals surface area contributed by atoms with E-state index in [0.717, 1.165) is 30.2 Å². The molecule has 4 nitrogen and oxygen atoms in total. The lowest BCUT2D eigenvalue weighted by molar-refractivity contribution is 0.0747. The number of rotatable bonds is 3. The Balaban J connectivity index is 1.53. The lowest BCUT2D eigenvalue weighted by atomic mass is 10.1. The topological polar surface area (TPSA) is 28.5 Å². The van der Waals surface area contributed by atoms with E-state index in [-0.39, 0.29) is 5.91 Å². The minimum Gasteiger partial charge on any atom is -0.368 e. The van der Waals surface area contributed by atoms with Crippen LogP contribution in [0.2, 0.25) is 5.02 Å². The predicted molar refractivity (Wildman–Crippen MR) is 115 cm³/mol. The highest BCUT2D eigenvalue weighted by Crippen LogP contribution is 2.25. The van der Waals surface area contributed by atoms with Gasteiger partial charge < -0.3 is 14.4 Å². The highest BCUT2D eigenvalue weighted by Gasteiger charge is 2.24. The molecule has 0 radical (unpaired) electrons. The molecule has 0 spiro atoms. The third-order valence-electron chi connectivity index (χ3n) is 5.40. The number of carbonyl (C=O) groups excluding carboxylic acids is 1. The molecule has 1 fully saturated rings. The van der Waals surface area contributed by atoms with E-state index in [9.17, 15) is 4.79 Å². The quantitative estimate of drug-likeness (QED) is 0.644. The molecule has 0 bridgehead atoms. The average molecular weight is 394 g/mol. The molecule has 144 valence electrons. The van der Waals surface area contributed by atoms with Crippen molar-refractivity contribution in [2.45, 2.75) is 13.8 Å². The van der Waals surface area contributed by atoms with Gasteiger partial charge in [-0.1, -0.05) is 29.8 Å². The first kappa shape index (κ1) is 18.6. The largest absolute Gasteiger partial charge is 0.368 e. The van der Waals surface area contributed by atoms with E-state index in [1.54, 1.807) is 0 Å². The first-order valence-electron chi connectivity index (χ1n) is 9.59. The van der Waals surface area contributed by atoms with Gasteiger partial charge in [0.2, 0.25) is 0 Å². The molecule has 5 heteroatoms. The summed E-state index contributed by atoms with van der Waals surface area (Å²) in [5.41, 5.74) is 5.01. The first-order valence-corrected chi connectivity index (χ1v) is 9.96. The van der Waals surface area contributed by atoms with E-state index in [0.29, 0.717) is 23.7 Å². The summed E-state index contributed by atoms with van der Waals surface area (Å²) in [6.45, 7) is 7.15. The summed E-state index contributed by atoms with van der Waals surface area (Å²) in [5.74, 6) is 0.00187. The van der Waals surface area contributed by atoms with Gasteiger partial charge in [-0.2, -0.15) is 0 Å². The number of hydrogen-bond donors (Lipinski definition) is 0. The molecule has 1 aromatic heterocycles. The highest BCUT2D eigenvalue weighted by molar-refractivity contribution is 6.33. The summed E-state index contributed by atoms with van der Waals surface area (Å²) in [6.07, 6.45) is 0. The zero-order valence-corrected chi connectivity index (χ0v) is 17.0. The number of benzene rings is 2. The van der Waals surface area contributed by atoms with Crippen LogP contribution in [-0.2, 0) is 0 Å². The van der Waals surface area contributed by atoms with Crippen molar-refractivity contribution in [3.63, 3.8) is 0 Å². The van der Waals surface area contributed by atoms with E-state index in [1.807, 2.05) is 41.3 Å². The van der Waals surface area contributed by atoms with Gasteiger partial charge in [0.05, 0.1) is 10.6 Å². The number of anilines is 1. The lowest BCUT2D eigenvalue weighted by Crippen LogP contribution is -2.48. The van der Waals surface area contributed by atoms with Crippen LogP contribution in [0.25, 0.3) is 5.69 Å². The second-order valence-corrected chi connectivity index (χ2v) is 7.64. The molecule has 2 heterocycles. The maximum Gasteiger partial charge on any atom is 0.255 e. The second-order valence-electron chi connectivity index (χ2n) is 7.23. The van der Waals surface area contributed by atoms with Gasteiger partial charge in [0.1, 0.15) is 0 Å². The highest BCUT2D eigenvalue weighted by atomic mass is 35.5. The van der Waals surface area contributed by atoms with E-state index < -0.39 is 0 Å². The van der Waals surface area contributed by atoms with Gasteiger partial charge in [-0.15, -0.1) is 0 Å². The van der Waals surface area contributed by atoms with Crippen LogP contribution < -0.4 is 4.90 Å². The smallest absolute Gasteiger partial charge is 0.255 e. The zero-order chi connectivity index (χ0) is 19.7. The van der Waals surface area contributed by atoms with Gasteiger partial charge in [-0.05, 0) is 56.3 Å². The van der Waals surface area contributed by atoms with E-state index >= 15 is 0 Å². The average Bonchev–Trinajstić information content (AvgIpc) is 3.07. The van der Waals surface area contributed by atoms with Crippen LogP contribution >= 0.6 is 11.6 Å². The molecule has 0 saturated carbocycles. The first-order chi connectivity index (χ1) is 13.5. The molecular formula is C23H24ClN3O. The van der Waals surface area contributed by atoms with Crippen molar-refractivity contribution in [3.05, 3.63) is 82.6 Å². The van der Waals surface area contributed by atoms with Gasteiger partial charge in [0, 0.05) is 48.9 Å². The van der Waals surface area contributed by atoms with Crippen LogP contribution in [0.15, 0.2) is 60.7 Å². The molecule has 0 aliphatic carbocycles. The minimum absolute atomic E-state index is 0.00187. The fourth-order valence-electron chi connectivity index (χ4n) is 3.87. The van der Waals surface area contributed by atoms with Crippen LogP contribution in [0, 0.1) is 13.8 Å². The monoisotopic (exact) mass is 393 g/mol. The number of halogens is 1. The Hall–Kier alpha value is -2.72. The number of carbonyl (C=O) groups is 1. The SMILES string of the molecule is Cc1ccc(C)n1-c1ccc(Cl)c(C(=O)N2CCN(c3ccccc3)CC2)c1. The number of aromatic nitrogens is 1. The molecule has 1 amide bonds. The molecule has 1 saturated heterocycles. The van der Waals surface area contributed by atoms with Crippen molar-refractivity contribution in [3.8, 4) is 5.69 Å². The van der Waals surface area contributed by atoms with Crippen molar-refractivity contribution in [2.24, 2.45) is 0 Å². The second kappa shape index (κ2) is 7.72. The van der Waals surface area contributed by atoms with E-state index in [1.165, 1.54) is 5.69 Å².